The lowest BCUT2D eigenvalue weighted by Gasteiger charge is -2.13. The minimum atomic E-state index is -0.688. The number of phenolic OH excluding ortho intramolecular Hbond substituents is 1. The van der Waals surface area contributed by atoms with Crippen molar-refractivity contribution in [2.24, 2.45) is 0 Å². The van der Waals surface area contributed by atoms with Crippen LogP contribution >= 0.6 is 11.8 Å². The van der Waals surface area contributed by atoms with Crippen LogP contribution in [0, 0.1) is 5.82 Å². The summed E-state index contributed by atoms with van der Waals surface area (Å²) in [7, 11) is 0. The predicted molar refractivity (Wildman–Crippen MR) is 70.5 cm³/mol. The van der Waals surface area contributed by atoms with Gasteiger partial charge in [0.1, 0.15) is 17.1 Å². The van der Waals surface area contributed by atoms with Crippen molar-refractivity contribution in [3.05, 3.63) is 29.6 Å². The molecule has 1 saturated carbocycles. The number of aromatic hydroxyl groups is 1. The van der Waals surface area contributed by atoms with Gasteiger partial charge in [-0.25, -0.2) is 4.39 Å². The standard InChI is InChI=1S/C13H16FNO2S/c1-18-9-6-5-8(7-9)15-13(17)12-10(14)3-2-4-11(12)16/h2-4,8-9,16H,5-7H2,1H3,(H,15,17)/t8-,9-/m1/s1. The van der Waals surface area contributed by atoms with Crippen LogP contribution in [-0.2, 0) is 0 Å². The van der Waals surface area contributed by atoms with Crippen LogP contribution in [0.4, 0.5) is 4.39 Å². The van der Waals surface area contributed by atoms with Crippen LogP contribution in [0.25, 0.3) is 0 Å². The molecule has 0 unspecified atom stereocenters. The molecule has 5 heteroatoms. The number of amides is 1. The number of thioether (sulfide) groups is 1. The Bertz CT molecular complexity index is 432. The molecule has 0 bridgehead atoms. The minimum Gasteiger partial charge on any atom is -0.507 e. The van der Waals surface area contributed by atoms with Gasteiger partial charge in [-0.05, 0) is 37.7 Å². The maximum atomic E-state index is 13.5. The Labute approximate surface area is 110 Å². The van der Waals surface area contributed by atoms with Gasteiger partial charge >= 0.3 is 0 Å². The third-order valence-corrected chi connectivity index (χ3v) is 4.37. The summed E-state index contributed by atoms with van der Waals surface area (Å²) in [6, 6.07) is 3.94. The zero-order valence-corrected chi connectivity index (χ0v) is 11.0. The van der Waals surface area contributed by atoms with E-state index in [2.05, 4.69) is 11.6 Å². The lowest BCUT2D eigenvalue weighted by Crippen LogP contribution is -2.33. The minimum absolute atomic E-state index is 0.0777. The van der Waals surface area contributed by atoms with Crippen LogP contribution in [0.15, 0.2) is 18.2 Å². The van der Waals surface area contributed by atoms with Crippen LogP contribution in [0.2, 0.25) is 0 Å². The highest BCUT2D eigenvalue weighted by Gasteiger charge is 2.27. The van der Waals surface area contributed by atoms with Crippen LogP contribution < -0.4 is 5.32 Å². The second-order valence-corrected chi connectivity index (χ2v) is 5.61. The molecule has 0 radical (unpaired) electrons. The van der Waals surface area contributed by atoms with Crippen LogP contribution in [0.1, 0.15) is 29.6 Å². The second kappa shape index (κ2) is 5.61. The first-order valence-corrected chi connectivity index (χ1v) is 7.21. The van der Waals surface area contributed by atoms with Gasteiger partial charge in [-0.2, -0.15) is 11.8 Å². The Morgan fingerprint density at radius 2 is 2.28 bits per heavy atom. The van der Waals surface area contributed by atoms with Crippen LogP contribution in [0.5, 0.6) is 5.75 Å². The van der Waals surface area contributed by atoms with E-state index < -0.39 is 11.7 Å². The predicted octanol–water partition coefficient (Wildman–Crippen LogP) is 2.55. The lowest BCUT2D eigenvalue weighted by atomic mass is 10.1. The van der Waals surface area contributed by atoms with E-state index in [1.165, 1.54) is 18.2 Å². The summed E-state index contributed by atoms with van der Waals surface area (Å²) in [5, 5.41) is 12.9. The van der Waals surface area contributed by atoms with Gasteiger partial charge in [0, 0.05) is 11.3 Å². The summed E-state index contributed by atoms with van der Waals surface area (Å²) >= 11 is 1.79. The van der Waals surface area contributed by atoms with E-state index in [0.717, 1.165) is 19.3 Å². The number of carbonyl (C=O) groups excluding carboxylic acids is 1. The van der Waals surface area contributed by atoms with Gasteiger partial charge < -0.3 is 10.4 Å². The number of carbonyl (C=O) groups is 1. The van der Waals surface area contributed by atoms with Crippen molar-refractivity contribution < 1.29 is 14.3 Å². The van der Waals surface area contributed by atoms with E-state index in [0.29, 0.717) is 5.25 Å². The van der Waals surface area contributed by atoms with Crippen LogP contribution in [-0.4, -0.2) is 28.6 Å². The Morgan fingerprint density at radius 1 is 1.50 bits per heavy atom. The normalized spacial score (nSPS) is 23.0. The number of benzene rings is 1. The molecule has 18 heavy (non-hydrogen) atoms. The van der Waals surface area contributed by atoms with Gasteiger partial charge in [-0.15, -0.1) is 0 Å². The molecule has 1 aromatic rings. The SMILES string of the molecule is CS[C@@H]1CC[C@@H](NC(=O)c2c(O)cccc2F)C1. The molecule has 1 aliphatic rings. The summed E-state index contributed by atoms with van der Waals surface area (Å²) in [5.74, 6) is -1.53. The average Bonchev–Trinajstić information content (AvgIpc) is 2.76. The van der Waals surface area contributed by atoms with Gasteiger partial charge in [0.15, 0.2) is 0 Å². The van der Waals surface area contributed by atoms with Crippen molar-refractivity contribution in [3.8, 4) is 5.75 Å². The molecule has 0 saturated heterocycles. The lowest BCUT2D eigenvalue weighted by molar-refractivity contribution is 0.0931. The molecule has 0 aliphatic heterocycles. The van der Waals surface area contributed by atoms with Crippen molar-refractivity contribution in [3.63, 3.8) is 0 Å². The Balaban J connectivity index is 2.04. The molecule has 1 fully saturated rings. The van der Waals surface area contributed by atoms with Gasteiger partial charge in [0.05, 0.1) is 0 Å². The zero-order valence-electron chi connectivity index (χ0n) is 10.1. The number of hydrogen-bond acceptors (Lipinski definition) is 3. The van der Waals surface area contributed by atoms with Crippen molar-refractivity contribution in [2.75, 3.05) is 6.26 Å². The van der Waals surface area contributed by atoms with Gasteiger partial charge in [-0.1, -0.05) is 6.07 Å². The summed E-state index contributed by atoms with van der Waals surface area (Å²) in [5.41, 5.74) is -0.259. The maximum absolute atomic E-state index is 13.5. The molecular weight excluding hydrogens is 253 g/mol. The fraction of sp³-hybridized carbons (Fsp3) is 0.462. The molecule has 0 spiro atoms. The molecule has 2 N–H and O–H groups in total. The first kappa shape index (κ1) is 13.2. The average molecular weight is 269 g/mol. The van der Waals surface area contributed by atoms with Gasteiger partial charge in [0.2, 0.25) is 0 Å². The molecule has 0 heterocycles. The number of nitrogens with one attached hydrogen (secondary N) is 1. The molecule has 1 amide bonds. The summed E-state index contributed by atoms with van der Waals surface area (Å²) in [6.07, 6.45) is 4.93. The van der Waals surface area contributed by atoms with E-state index in [1.807, 2.05) is 0 Å². The number of halogens is 1. The van der Waals surface area contributed by atoms with Crippen molar-refractivity contribution in [2.45, 2.75) is 30.6 Å². The summed E-state index contributed by atoms with van der Waals surface area (Å²) in [4.78, 5) is 11.9. The number of phenols is 1. The van der Waals surface area contributed by atoms with E-state index in [1.54, 1.807) is 11.8 Å². The van der Waals surface area contributed by atoms with Crippen molar-refractivity contribution in [1.29, 1.82) is 0 Å². The molecule has 2 atom stereocenters. The number of rotatable bonds is 3. The highest BCUT2D eigenvalue weighted by molar-refractivity contribution is 7.99. The Hall–Kier alpha value is -1.23. The molecule has 1 aromatic carbocycles. The van der Waals surface area contributed by atoms with E-state index >= 15 is 0 Å². The largest absolute Gasteiger partial charge is 0.507 e. The monoisotopic (exact) mass is 269 g/mol. The fourth-order valence-electron chi connectivity index (χ4n) is 2.28. The van der Waals surface area contributed by atoms with E-state index in [-0.39, 0.29) is 17.4 Å². The highest BCUT2D eigenvalue weighted by atomic mass is 32.2. The van der Waals surface area contributed by atoms with Crippen molar-refractivity contribution in [1.82, 2.24) is 5.32 Å². The molecule has 3 nitrogen and oxygen atoms in total. The van der Waals surface area contributed by atoms with Crippen molar-refractivity contribution >= 4 is 17.7 Å². The van der Waals surface area contributed by atoms with Gasteiger partial charge in [-0.3, -0.25) is 4.79 Å². The van der Waals surface area contributed by atoms with E-state index in [9.17, 15) is 14.3 Å². The topological polar surface area (TPSA) is 49.3 Å². The highest BCUT2D eigenvalue weighted by Crippen LogP contribution is 2.29. The first-order valence-electron chi connectivity index (χ1n) is 5.93. The summed E-state index contributed by atoms with van der Waals surface area (Å²) in [6.45, 7) is 0. The molecule has 2 rings (SSSR count). The molecule has 1 aliphatic carbocycles. The molecule has 0 aromatic heterocycles. The van der Waals surface area contributed by atoms with Gasteiger partial charge in [0.25, 0.3) is 5.91 Å². The molecule has 98 valence electrons. The Morgan fingerprint density at radius 3 is 2.89 bits per heavy atom. The molecular formula is C13H16FNO2S. The van der Waals surface area contributed by atoms with Crippen LogP contribution in [0.3, 0.4) is 0 Å². The smallest absolute Gasteiger partial charge is 0.258 e. The fourth-order valence-corrected chi connectivity index (χ4v) is 3.08. The first-order chi connectivity index (χ1) is 8.61. The quantitative estimate of drug-likeness (QED) is 0.886. The zero-order chi connectivity index (χ0) is 13.1. The number of hydrogen-bond donors (Lipinski definition) is 2. The Kier molecular flexibility index (Phi) is 4.11. The maximum Gasteiger partial charge on any atom is 0.258 e. The summed E-state index contributed by atoms with van der Waals surface area (Å²) < 4.78 is 13.5. The third kappa shape index (κ3) is 2.77. The third-order valence-electron chi connectivity index (χ3n) is 3.27. The second-order valence-electron chi connectivity index (χ2n) is 4.48. The van der Waals surface area contributed by atoms with E-state index in [4.69, 9.17) is 0 Å².